The molecule has 1 aliphatic rings. The van der Waals surface area contributed by atoms with Crippen molar-refractivity contribution < 1.29 is 14.5 Å². The molecule has 2 atom stereocenters. The van der Waals surface area contributed by atoms with Crippen LogP contribution < -0.4 is 10.6 Å². The van der Waals surface area contributed by atoms with Crippen LogP contribution in [0.4, 0.5) is 11.4 Å². The average molecular weight is 398 g/mol. The highest BCUT2D eigenvalue weighted by Gasteiger charge is 2.37. The number of amides is 2. The molecule has 0 aromatic heterocycles. The molecule has 0 heterocycles. The van der Waals surface area contributed by atoms with Crippen molar-refractivity contribution in [2.75, 3.05) is 5.32 Å². The number of halogens is 1. The molecule has 2 amide bonds. The van der Waals surface area contributed by atoms with Crippen molar-refractivity contribution in [1.82, 2.24) is 5.32 Å². The Kier molecular flexibility index (Phi) is 6.36. The van der Waals surface area contributed by atoms with E-state index in [2.05, 4.69) is 26.6 Å². The molecule has 0 saturated carbocycles. The molecule has 0 bridgehead atoms. The first-order valence-electron chi connectivity index (χ1n) is 6.96. The molecule has 0 radical (unpaired) electrons. The molecule has 24 heavy (non-hydrogen) atoms. The van der Waals surface area contributed by atoms with Crippen LogP contribution in [0.5, 0.6) is 0 Å². The maximum atomic E-state index is 11.5. The van der Waals surface area contributed by atoms with Gasteiger partial charge >= 0.3 is 0 Å². The Bertz CT molecular complexity index is 719. The lowest BCUT2D eigenvalue weighted by Gasteiger charge is -2.16. The normalized spacial score (nSPS) is 17.9. The molecular formula is C14H16BrN5O4. The van der Waals surface area contributed by atoms with E-state index < -0.39 is 4.92 Å². The molecule has 1 aromatic rings. The van der Waals surface area contributed by atoms with Gasteiger partial charge in [0, 0.05) is 53.0 Å². The van der Waals surface area contributed by atoms with Crippen LogP contribution in [0.3, 0.4) is 0 Å². The molecule has 0 aliphatic heterocycles. The molecule has 0 spiro atoms. The summed E-state index contributed by atoms with van der Waals surface area (Å²) in [6.07, 6.45) is 0.367. The maximum Gasteiger partial charge on any atom is 0.297 e. The third-order valence-corrected chi connectivity index (χ3v) is 4.41. The molecule has 128 valence electrons. The highest BCUT2D eigenvalue weighted by molar-refractivity contribution is 9.10. The molecule has 0 fully saturated rings. The van der Waals surface area contributed by atoms with Gasteiger partial charge in [-0.1, -0.05) is 6.92 Å². The second kappa shape index (κ2) is 7.83. The van der Waals surface area contributed by atoms with Gasteiger partial charge < -0.3 is 10.6 Å². The van der Waals surface area contributed by atoms with Crippen LogP contribution in [0.2, 0.25) is 0 Å². The fraction of sp³-hybridized carbons (Fsp3) is 0.429. The van der Waals surface area contributed by atoms with E-state index in [9.17, 15) is 19.7 Å². The summed E-state index contributed by atoms with van der Waals surface area (Å²) in [5.74, 6) is -0.595. The van der Waals surface area contributed by atoms with E-state index in [1.165, 1.54) is 13.8 Å². The van der Waals surface area contributed by atoms with Gasteiger partial charge in [0.25, 0.3) is 5.69 Å². The van der Waals surface area contributed by atoms with Crippen molar-refractivity contribution in [1.29, 1.82) is 10.8 Å². The third-order valence-electron chi connectivity index (χ3n) is 3.78. The van der Waals surface area contributed by atoms with E-state index in [0.29, 0.717) is 16.5 Å². The van der Waals surface area contributed by atoms with Gasteiger partial charge in [-0.25, -0.2) is 0 Å². The SMILES string of the molecule is CC(=O)Nc1c(Br)cc2c(c1[N+](=O)[O-])CC(NC(C)=O)C2C.N#N. The summed E-state index contributed by atoms with van der Waals surface area (Å²) in [5, 5.41) is 28.8. The summed E-state index contributed by atoms with van der Waals surface area (Å²) >= 11 is 3.29. The maximum absolute atomic E-state index is 11.5. The van der Waals surface area contributed by atoms with Gasteiger partial charge in [-0.3, -0.25) is 19.7 Å². The van der Waals surface area contributed by atoms with E-state index in [-0.39, 0.29) is 35.1 Å². The largest absolute Gasteiger partial charge is 0.353 e. The summed E-state index contributed by atoms with van der Waals surface area (Å²) in [5.41, 5.74) is 1.42. The number of carbonyl (C=O) groups is 2. The molecule has 1 aromatic carbocycles. The van der Waals surface area contributed by atoms with Gasteiger partial charge in [0.15, 0.2) is 0 Å². The molecule has 0 saturated heterocycles. The number of nitro groups is 1. The van der Waals surface area contributed by atoms with Crippen molar-refractivity contribution >= 4 is 39.1 Å². The second-order valence-corrected chi connectivity index (χ2v) is 6.24. The number of anilines is 1. The number of carbonyl (C=O) groups excluding carboxylic acids is 2. The molecule has 1 aliphatic carbocycles. The smallest absolute Gasteiger partial charge is 0.297 e. The highest BCUT2D eigenvalue weighted by Crippen LogP contribution is 2.45. The third kappa shape index (κ3) is 3.86. The Morgan fingerprint density at radius 2 is 1.92 bits per heavy atom. The van der Waals surface area contributed by atoms with Crippen LogP contribution in [-0.2, 0) is 16.0 Å². The van der Waals surface area contributed by atoms with E-state index in [0.717, 1.165) is 5.56 Å². The van der Waals surface area contributed by atoms with Gasteiger partial charge in [0.05, 0.1) is 4.92 Å². The van der Waals surface area contributed by atoms with E-state index >= 15 is 0 Å². The van der Waals surface area contributed by atoms with Crippen molar-refractivity contribution in [3.05, 3.63) is 31.8 Å². The van der Waals surface area contributed by atoms with Crippen LogP contribution in [0, 0.1) is 20.9 Å². The lowest BCUT2D eigenvalue weighted by atomic mass is 10.00. The summed E-state index contributed by atoms with van der Waals surface area (Å²) in [6, 6.07) is 1.59. The molecule has 2 N–H and O–H groups in total. The summed E-state index contributed by atoms with van der Waals surface area (Å²) in [6.45, 7) is 4.63. The zero-order valence-corrected chi connectivity index (χ0v) is 14.9. The molecule has 10 heteroatoms. The highest BCUT2D eigenvalue weighted by atomic mass is 79.9. The minimum atomic E-state index is -0.488. The van der Waals surface area contributed by atoms with Crippen LogP contribution in [0.15, 0.2) is 10.5 Å². The summed E-state index contributed by atoms with van der Waals surface area (Å²) < 4.78 is 0.462. The van der Waals surface area contributed by atoms with Crippen LogP contribution in [-0.4, -0.2) is 22.8 Å². The Morgan fingerprint density at radius 3 is 2.38 bits per heavy atom. The van der Waals surface area contributed by atoms with Crippen molar-refractivity contribution in [2.45, 2.75) is 39.2 Å². The fourth-order valence-electron chi connectivity index (χ4n) is 2.86. The average Bonchev–Trinajstić information content (AvgIpc) is 2.77. The topological polar surface area (TPSA) is 149 Å². The number of nitrogens with one attached hydrogen (secondary N) is 2. The minimum Gasteiger partial charge on any atom is -0.353 e. The van der Waals surface area contributed by atoms with Crippen LogP contribution >= 0.6 is 15.9 Å². The number of hydrogen-bond acceptors (Lipinski definition) is 6. The van der Waals surface area contributed by atoms with Crippen molar-refractivity contribution in [3.63, 3.8) is 0 Å². The number of nitrogens with zero attached hydrogens (tertiary/aromatic N) is 3. The summed E-state index contributed by atoms with van der Waals surface area (Å²) in [4.78, 5) is 33.6. The second-order valence-electron chi connectivity index (χ2n) is 5.39. The molecular weight excluding hydrogens is 382 g/mol. The Morgan fingerprint density at radius 1 is 1.33 bits per heavy atom. The number of hydrogen-bond donors (Lipinski definition) is 2. The zero-order chi connectivity index (χ0) is 18.6. The van der Waals surface area contributed by atoms with Crippen molar-refractivity contribution in [2.24, 2.45) is 0 Å². The lowest BCUT2D eigenvalue weighted by Crippen LogP contribution is -2.35. The summed E-state index contributed by atoms with van der Waals surface area (Å²) in [7, 11) is 0. The number of nitro benzene ring substituents is 1. The Balaban J connectivity index is 0.00000139. The predicted molar refractivity (Wildman–Crippen MR) is 88.3 cm³/mol. The number of rotatable bonds is 3. The van der Waals surface area contributed by atoms with Crippen LogP contribution in [0.1, 0.15) is 37.8 Å². The molecule has 9 nitrogen and oxygen atoms in total. The van der Waals surface area contributed by atoms with Crippen LogP contribution in [0.25, 0.3) is 0 Å². The van der Waals surface area contributed by atoms with Crippen molar-refractivity contribution in [3.8, 4) is 0 Å². The fourth-order valence-corrected chi connectivity index (χ4v) is 3.40. The first-order valence-corrected chi connectivity index (χ1v) is 7.76. The first-order chi connectivity index (χ1) is 11.2. The zero-order valence-electron chi connectivity index (χ0n) is 13.3. The molecule has 2 unspecified atom stereocenters. The lowest BCUT2D eigenvalue weighted by molar-refractivity contribution is -0.384. The van der Waals surface area contributed by atoms with E-state index in [1.54, 1.807) is 6.07 Å². The quantitative estimate of drug-likeness (QED) is 0.454. The minimum absolute atomic E-state index is 0.0414. The monoisotopic (exact) mass is 397 g/mol. The van der Waals surface area contributed by atoms with E-state index in [1.807, 2.05) is 6.92 Å². The Hall–Kier alpha value is -2.54. The Labute approximate surface area is 146 Å². The van der Waals surface area contributed by atoms with Gasteiger partial charge in [-0.15, -0.1) is 0 Å². The standard InChI is InChI=1S/C14H16BrN3O4.N2/c1-6-9-4-11(15)13(17-8(3)20)14(18(21)22)10(9)5-12(6)16-7(2)19;1-2/h4,6,12H,5H2,1-3H3,(H,16,19)(H,17,20);. The number of fused-ring (bicyclic) bond motifs is 1. The van der Waals surface area contributed by atoms with Gasteiger partial charge in [0.2, 0.25) is 11.8 Å². The molecule has 2 rings (SSSR count). The predicted octanol–water partition coefficient (Wildman–Crippen LogP) is 2.51. The van der Waals surface area contributed by atoms with Gasteiger partial charge in [-0.2, -0.15) is 0 Å². The van der Waals surface area contributed by atoms with Gasteiger partial charge in [-0.05, 0) is 27.6 Å². The number of benzene rings is 1. The van der Waals surface area contributed by atoms with E-state index in [4.69, 9.17) is 10.8 Å². The van der Waals surface area contributed by atoms with Gasteiger partial charge in [0.1, 0.15) is 5.69 Å². The first kappa shape index (κ1) is 19.5.